The van der Waals surface area contributed by atoms with Crippen molar-refractivity contribution in [2.75, 3.05) is 11.9 Å². The van der Waals surface area contributed by atoms with Crippen molar-refractivity contribution < 1.29 is 0 Å². The van der Waals surface area contributed by atoms with Crippen molar-refractivity contribution in [1.82, 2.24) is 0 Å². The molecule has 3 heteroatoms. The van der Waals surface area contributed by atoms with Crippen LogP contribution in [0.25, 0.3) is 0 Å². The highest BCUT2D eigenvalue weighted by Crippen LogP contribution is 2.19. The van der Waals surface area contributed by atoms with E-state index in [1.807, 2.05) is 24.3 Å². The van der Waals surface area contributed by atoms with E-state index in [0.29, 0.717) is 6.54 Å². The number of hydrogen-bond acceptors (Lipinski definition) is 2. The summed E-state index contributed by atoms with van der Waals surface area (Å²) in [4.78, 5) is 0. The molecule has 0 saturated heterocycles. The molecule has 0 saturated carbocycles. The molecule has 1 rings (SSSR count). The summed E-state index contributed by atoms with van der Waals surface area (Å²) in [6, 6.07) is 8.14. The lowest BCUT2D eigenvalue weighted by Crippen LogP contribution is -2.41. The van der Waals surface area contributed by atoms with Gasteiger partial charge in [0.1, 0.15) is 0 Å². The molecule has 0 amide bonds. The molecule has 1 aromatic rings. The van der Waals surface area contributed by atoms with E-state index in [-0.39, 0.29) is 5.54 Å². The monoisotopic (exact) mass is 256 g/mol. The second-order valence-corrected chi connectivity index (χ2v) is 4.67. The SMILES string of the molecule is CCC(C)(CN)Nc1ccc(Br)cc1. The molecule has 0 heterocycles. The molecule has 2 nitrogen and oxygen atoms in total. The Kier molecular flexibility index (Phi) is 3.96. The van der Waals surface area contributed by atoms with Crippen LogP contribution in [0, 0.1) is 0 Å². The minimum absolute atomic E-state index is 0.00612. The van der Waals surface area contributed by atoms with Gasteiger partial charge >= 0.3 is 0 Å². The highest BCUT2D eigenvalue weighted by molar-refractivity contribution is 9.10. The fourth-order valence-electron chi connectivity index (χ4n) is 1.17. The van der Waals surface area contributed by atoms with Crippen LogP contribution in [0.4, 0.5) is 5.69 Å². The number of nitrogens with two attached hydrogens (primary N) is 1. The van der Waals surface area contributed by atoms with Crippen LogP contribution in [0.2, 0.25) is 0 Å². The molecule has 1 atom stereocenters. The number of benzene rings is 1. The number of anilines is 1. The largest absolute Gasteiger partial charge is 0.379 e. The van der Waals surface area contributed by atoms with Crippen LogP contribution in [0.3, 0.4) is 0 Å². The van der Waals surface area contributed by atoms with E-state index >= 15 is 0 Å². The summed E-state index contributed by atoms with van der Waals surface area (Å²) >= 11 is 3.41. The predicted octanol–water partition coefficient (Wildman–Crippen LogP) is 2.99. The molecule has 0 aromatic heterocycles. The van der Waals surface area contributed by atoms with Crippen molar-refractivity contribution in [3.05, 3.63) is 28.7 Å². The Morgan fingerprint density at radius 2 is 1.93 bits per heavy atom. The first-order valence-corrected chi connectivity index (χ1v) is 5.63. The van der Waals surface area contributed by atoms with E-state index in [4.69, 9.17) is 5.73 Å². The average Bonchev–Trinajstić information content (AvgIpc) is 2.21. The summed E-state index contributed by atoms with van der Waals surface area (Å²) in [7, 11) is 0. The van der Waals surface area contributed by atoms with Crippen LogP contribution in [0.1, 0.15) is 20.3 Å². The Morgan fingerprint density at radius 1 is 1.36 bits per heavy atom. The number of nitrogens with one attached hydrogen (secondary N) is 1. The lowest BCUT2D eigenvalue weighted by molar-refractivity contribution is 0.506. The Bertz CT molecular complexity index is 278. The van der Waals surface area contributed by atoms with Gasteiger partial charge in [0, 0.05) is 22.2 Å². The van der Waals surface area contributed by atoms with Crippen molar-refractivity contribution in [2.24, 2.45) is 5.73 Å². The summed E-state index contributed by atoms with van der Waals surface area (Å²) in [6.45, 7) is 4.91. The highest BCUT2D eigenvalue weighted by Gasteiger charge is 2.18. The maximum absolute atomic E-state index is 5.72. The van der Waals surface area contributed by atoms with Crippen molar-refractivity contribution >= 4 is 21.6 Å². The molecule has 3 N–H and O–H groups in total. The molecule has 0 bridgehead atoms. The molecule has 1 unspecified atom stereocenters. The van der Waals surface area contributed by atoms with Crippen LogP contribution >= 0.6 is 15.9 Å². The van der Waals surface area contributed by atoms with Gasteiger partial charge in [0.15, 0.2) is 0 Å². The standard InChI is InChI=1S/C11H17BrN2/c1-3-11(2,8-13)14-10-6-4-9(12)5-7-10/h4-7,14H,3,8,13H2,1-2H3. The summed E-state index contributed by atoms with van der Waals surface area (Å²) in [6.07, 6.45) is 1.01. The van der Waals surface area contributed by atoms with Crippen molar-refractivity contribution in [3.63, 3.8) is 0 Å². The maximum atomic E-state index is 5.72. The van der Waals surface area contributed by atoms with Crippen LogP contribution in [-0.4, -0.2) is 12.1 Å². The van der Waals surface area contributed by atoms with Gasteiger partial charge in [0.05, 0.1) is 0 Å². The predicted molar refractivity (Wildman–Crippen MR) is 65.5 cm³/mol. The summed E-state index contributed by atoms with van der Waals surface area (Å²) in [5, 5.41) is 3.44. The summed E-state index contributed by atoms with van der Waals surface area (Å²) < 4.78 is 1.09. The molecular formula is C11H17BrN2. The van der Waals surface area contributed by atoms with Gasteiger partial charge in [0.2, 0.25) is 0 Å². The van der Waals surface area contributed by atoms with Crippen LogP contribution in [-0.2, 0) is 0 Å². The van der Waals surface area contributed by atoms with E-state index < -0.39 is 0 Å². The minimum atomic E-state index is -0.00612. The first-order valence-electron chi connectivity index (χ1n) is 4.83. The molecule has 1 aromatic carbocycles. The molecule has 14 heavy (non-hydrogen) atoms. The first-order chi connectivity index (χ1) is 6.59. The van der Waals surface area contributed by atoms with Crippen molar-refractivity contribution in [1.29, 1.82) is 0 Å². The third-order valence-corrected chi connectivity index (χ3v) is 3.05. The molecule has 0 aliphatic rings. The fourth-order valence-corrected chi connectivity index (χ4v) is 1.43. The Balaban J connectivity index is 2.72. The Hall–Kier alpha value is -0.540. The number of halogens is 1. The van der Waals surface area contributed by atoms with E-state index in [0.717, 1.165) is 16.6 Å². The van der Waals surface area contributed by atoms with Crippen molar-refractivity contribution in [3.8, 4) is 0 Å². The van der Waals surface area contributed by atoms with E-state index in [1.54, 1.807) is 0 Å². The van der Waals surface area contributed by atoms with E-state index in [1.165, 1.54) is 0 Å². The lowest BCUT2D eigenvalue weighted by atomic mass is 9.99. The normalized spacial score (nSPS) is 14.9. The van der Waals surface area contributed by atoms with Gasteiger partial charge in [-0.15, -0.1) is 0 Å². The van der Waals surface area contributed by atoms with Gasteiger partial charge in [-0.05, 0) is 37.6 Å². The molecule has 0 aliphatic carbocycles. The molecule has 78 valence electrons. The zero-order valence-corrected chi connectivity index (χ0v) is 10.3. The third kappa shape index (κ3) is 3.00. The Labute approximate surface area is 94.0 Å². The fraction of sp³-hybridized carbons (Fsp3) is 0.455. The number of hydrogen-bond donors (Lipinski definition) is 2. The minimum Gasteiger partial charge on any atom is -0.379 e. The molecule has 0 spiro atoms. The Morgan fingerprint density at radius 3 is 2.36 bits per heavy atom. The first kappa shape index (κ1) is 11.5. The molecule has 0 fully saturated rings. The van der Waals surface area contributed by atoms with Crippen LogP contribution in [0.15, 0.2) is 28.7 Å². The van der Waals surface area contributed by atoms with Gasteiger partial charge in [-0.1, -0.05) is 22.9 Å². The van der Waals surface area contributed by atoms with Gasteiger partial charge in [0.25, 0.3) is 0 Å². The van der Waals surface area contributed by atoms with E-state index in [9.17, 15) is 0 Å². The quantitative estimate of drug-likeness (QED) is 0.870. The van der Waals surface area contributed by atoms with Gasteiger partial charge < -0.3 is 11.1 Å². The second-order valence-electron chi connectivity index (χ2n) is 3.75. The lowest BCUT2D eigenvalue weighted by Gasteiger charge is -2.29. The summed E-state index contributed by atoms with van der Waals surface area (Å²) in [5.41, 5.74) is 6.83. The van der Waals surface area contributed by atoms with Crippen LogP contribution < -0.4 is 11.1 Å². The topological polar surface area (TPSA) is 38.0 Å². The van der Waals surface area contributed by atoms with Crippen molar-refractivity contribution in [2.45, 2.75) is 25.8 Å². The zero-order chi connectivity index (χ0) is 10.6. The van der Waals surface area contributed by atoms with E-state index in [2.05, 4.69) is 35.1 Å². The molecule has 0 aliphatic heterocycles. The average molecular weight is 257 g/mol. The van der Waals surface area contributed by atoms with Crippen LogP contribution in [0.5, 0.6) is 0 Å². The maximum Gasteiger partial charge on any atom is 0.0465 e. The smallest absolute Gasteiger partial charge is 0.0465 e. The van der Waals surface area contributed by atoms with Gasteiger partial charge in [-0.3, -0.25) is 0 Å². The second kappa shape index (κ2) is 4.80. The number of rotatable bonds is 4. The van der Waals surface area contributed by atoms with Gasteiger partial charge in [-0.2, -0.15) is 0 Å². The highest BCUT2D eigenvalue weighted by atomic mass is 79.9. The third-order valence-electron chi connectivity index (χ3n) is 2.52. The molecular weight excluding hydrogens is 240 g/mol. The zero-order valence-electron chi connectivity index (χ0n) is 8.68. The van der Waals surface area contributed by atoms with Gasteiger partial charge in [-0.25, -0.2) is 0 Å². The molecule has 0 radical (unpaired) electrons. The summed E-state index contributed by atoms with van der Waals surface area (Å²) in [5.74, 6) is 0.